The van der Waals surface area contributed by atoms with E-state index in [4.69, 9.17) is 9.15 Å². The number of rotatable bonds is 4. The summed E-state index contributed by atoms with van der Waals surface area (Å²) in [5, 5.41) is 13.2. The van der Waals surface area contributed by atoms with Crippen LogP contribution < -0.4 is 10.1 Å². The number of aromatic hydroxyl groups is 1. The molecular weight excluding hydrogens is 349 g/mol. The summed E-state index contributed by atoms with van der Waals surface area (Å²) < 4.78 is 24.0. The van der Waals surface area contributed by atoms with Crippen LogP contribution >= 0.6 is 0 Å². The summed E-state index contributed by atoms with van der Waals surface area (Å²) in [5.74, 6) is 0.178. The Morgan fingerprint density at radius 2 is 1.78 bits per heavy atom. The highest BCUT2D eigenvalue weighted by atomic mass is 19.1. The number of carbonyl (C=O) groups excluding carboxylic acids is 1. The van der Waals surface area contributed by atoms with Gasteiger partial charge in [-0.2, -0.15) is 0 Å². The predicted molar refractivity (Wildman–Crippen MR) is 106 cm³/mol. The van der Waals surface area contributed by atoms with Crippen LogP contribution in [0.15, 0.2) is 40.8 Å². The van der Waals surface area contributed by atoms with Gasteiger partial charge in [0.15, 0.2) is 17.8 Å². The molecule has 5 nitrogen and oxygen atoms in total. The van der Waals surface area contributed by atoms with Gasteiger partial charge >= 0.3 is 0 Å². The molecule has 3 rings (SSSR count). The Morgan fingerprint density at radius 3 is 2.30 bits per heavy atom. The molecule has 0 unspecified atom stereocenters. The smallest absolute Gasteiger partial charge is 0.164 e. The van der Waals surface area contributed by atoms with Crippen LogP contribution in [-0.4, -0.2) is 32.1 Å². The highest BCUT2D eigenvalue weighted by Crippen LogP contribution is 2.38. The van der Waals surface area contributed by atoms with Gasteiger partial charge in [-0.05, 0) is 51.4 Å². The van der Waals surface area contributed by atoms with Crippen molar-refractivity contribution in [2.24, 2.45) is 0 Å². The number of furan rings is 1. The van der Waals surface area contributed by atoms with Crippen molar-refractivity contribution in [2.75, 3.05) is 20.7 Å². The number of phenolic OH excluding ortho intramolecular Hbond substituents is 1. The summed E-state index contributed by atoms with van der Waals surface area (Å²) in [6.07, 6.45) is 0.657. The molecule has 2 aromatic carbocycles. The van der Waals surface area contributed by atoms with E-state index in [1.807, 2.05) is 27.9 Å². The van der Waals surface area contributed by atoms with E-state index in [0.29, 0.717) is 40.7 Å². The van der Waals surface area contributed by atoms with Crippen LogP contribution in [0.3, 0.4) is 0 Å². The first-order valence-electron chi connectivity index (χ1n) is 8.77. The molecular formula is C21H26FNO4. The van der Waals surface area contributed by atoms with Crippen molar-refractivity contribution in [1.29, 1.82) is 0 Å². The Bertz CT molecular complexity index is 857. The minimum atomic E-state index is -0.371. The molecule has 0 atom stereocenters. The van der Waals surface area contributed by atoms with Crippen LogP contribution in [0, 0.1) is 5.82 Å². The number of phenols is 1. The van der Waals surface area contributed by atoms with Gasteiger partial charge in [-0.1, -0.05) is 13.8 Å². The molecule has 0 aliphatic rings. The third-order valence-electron chi connectivity index (χ3n) is 3.33. The second kappa shape index (κ2) is 11.0. The zero-order valence-corrected chi connectivity index (χ0v) is 16.3. The molecule has 0 saturated heterocycles. The van der Waals surface area contributed by atoms with Crippen molar-refractivity contribution in [3.8, 4) is 22.8 Å². The molecule has 3 aromatic rings. The maximum atomic E-state index is 13.0. The standard InChI is InChI=1S/C17H13FO4.C2H7N.C2H6/c1-2-21-16-8-15-12(7-14(16)20)13(9-19)17(22-15)10-3-5-11(18)6-4-10;1-3-2;1-2/h3-9,20H,2H2,1H3;3H,1-2H3;1-2H3. The second-order valence-electron chi connectivity index (χ2n) is 5.22. The SMILES string of the molecule is CC.CCOc1cc2oc(-c3ccc(F)cc3)c(C=O)c2cc1O.CNC. The summed E-state index contributed by atoms with van der Waals surface area (Å²) in [6.45, 7) is 6.19. The fourth-order valence-corrected chi connectivity index (χ4v) is 2.34. The van der Waals surface area contributed by atoms with Gasteiger partial charge in [-0.25, -0.2) is 4.39 Å². The fraction of sp³-hybridized carbons (Fsp3) is 0.286. The number of halogens is 1. The Hall–Kier alpha value is -2.86. The van der Waals surface area contributed by atoms with Crippen LogP contribution in [0.4, 0.5) is 4.39 Å². The van der Waals surface area contributed by atoms with E-state index < -0.39 is 0 Å². The van der Waals surface area contributed by atoms with E-state index in [9.17, 15) is 14.3 Å². The van der Waals surface area contributed by atoms with Gasteiger partial charge < -0.3 is 19.6 Å². The lowest BCUT2D eigenvalue weighted by molar-refractivity contribution is 0.112. The number of hydrogen-bond acceptors (Lipinski definition) is 5. The third kappa shape index (κ3) is 5.31. The van der Waals surface area contributed by atoms with E-state index in [1.54, 1.807) is 6.92 Å². The number of nitrogens with one attached hydrogen (secondary N) is 1. The number of aldehydes is 1. The number of carbonyl (C=O) groups is 1. The van der Waals surface area contributed by atoms with Crippen molar-refractivity contribution in [2.45, 2.75) is 20.8 Å². The number of ether oxygens (including phenoxy) is 1. The predicted octanol–water partition coefficient (Wildman–Crippen LogP) is 5.02. The molecule has 0 radical (unpaired) electrons. The third-order valence-corrected chi connectivity index (χ3v) is 3.33. The summed E-state index contributed by atoms with van der Waals surface area (Å²) in [4.78, 5) is 11.4. The maximum absolute atomic E-state index is 13.0. The van der Waals surface area contributed by atoms with Crippen molar-refractivity contribution in [3.63, 3.8) is 0 Å². The van der Waals surface area contributed by atoms with Crippen LogP contribution in [-0.2, 0) is 0 Å². The van der Waals surface area contributed by atoms with Crippen molar-refractivity contribution in [3.05, 3.63) is 47.8 Å². The molecule has 0 bridgehead atoms. The van der Waals surface area contributed by atoms with E-state index in [2.05, 4.69) is 5.32 Å². The first-order valence-corrected chi connectivity index (χ1v) is 8.77. The average molecular weight is 375 g/mol. The minimum absolute atomic E-state index is 0.0658. The van der Waals surface area contributed by atoms with E-state index in [-0.39, 0.29) is 17.3 Å². The van der Waals surface area contributed by atoms with Crippen molar-refractivity contribution in [1.82, 2.24) is 5.32 Å². The Morgan fingerprint density at radius 1 is 1.19 bits per heavy atom. The normalized spacial score (nSPS) is 9.70. The Balaban J connectivity index is 0.000000665. The monoisotopic (exact) mass is 375 g/mol. The van der Waals surface area contributed by atoms with Crippen LogP contribution in [0.2, 0.25) is 0 Å². The lowest BCUT2D eigenvalue weighted by Gasteiger charge is -2.04. The molecule has 27 heavy (non-hydrogen) atoms. The average Bonchev–Trinajstić information content (AvgIpc) is 3.02. The quantitative estimate of drug-likeness (QED) is 0.627. The van der Waals surface area contributed by atoms with E-state index in [0.717, 1.165) is 0 Å². The van der Waals surface area contributed by atoms with Gasteiger partial charge in [-0.15, -0.1) is 0 Å². The molecule has 6 heteroatoms. The molecule has 1 aromatic heterocycles. The number of hydrogen-bond donors (Lipinski definition) is 2. The van der Waals surface area contributed by atoms with Crippen LogP contribution in [0.5, 0.6) is 11.5 Å². The molecule has 0 fully saturated rings. The molecule has 1 heterocycles. The molecule has 0 amide bonds. The Labute approximate surface area is 158 Å². The first kappa shape index (κ1) is 22.2. The lowest BCUT2D eigenvalue weighted by atomic mass is 10.1. The summed E-state index contributed by atoms with van der Waals surface area (Å²) >= 11 is 0. The highest BCUT2D eigenvalue weighted by Gasteiger charge is 2.18. The molecule has 2 N–H and O–H groups in total. The maximum Gasteiger partial charge on any atom is 0.164 e. The fourth-order valence-electron chi connectivity index (χ4n) is 2.34. The zero-order valence-electron chi connectivity index (χ0n) is 16.3. The Kier molecular flexibility index (Phi) is 9.02. The van der Waals surface area contributed by atoms with Gasteiger partial charge in [-0.3, -0.25) is 4.79 Å². The number of benzene rings is 2. The summed E-state index contributed by atoms with van der Waals surface area (Å²) in [5.41, 5.74) is 1.31. The molecule has 0 saturated carbocycles. The van der Waals surface area contributed by atoms with E-state index >= 15 is 0 Å². The second-order valence-corrected chi connectivity index (χ2v) is 5.22. The van der Waals surface area contributed by atoms with Gasteiger partial charge in [0.05, 0.1) is 12.2 Å². The molecule has 0 spiro atoms. The van der Waals surface area contributed by atoms with Gasteiger partial charge in [0.2, 0.25) is 0 Å². The van der Waals surface area contributed by atoms with Gasteiger partial charge in [0.1, 0.15) is 17.2 Å². The molecule has 146 valence electrons. The summed E-state index contributed by atoms with van der Waals surface area (Å²) in [6, 6.07) is 8.61. The highest BCUT2D eigenvalue weighted by molar-refractivity contribution is 6.03. The van der Waals surface area contributed by atoms with E-state index in [1.165, 1.54) is 36.4 Å². The first-order chi connectivity index (χ1) is 13.0. The molecule has 0 aliphatic heterocycles. The molecule has 0 aliphatic carbocycles. The lowest BCUT2D eigenvalue weighted by Crippen LogP contribution is -1.91. The minimum Gasteiger partial charge on any atom is -0.504 e. The largest absolute Gasteiger partial charge is 0.504 e. The summed E-state index contributed by atoms with van der Waals surface area (Å²) in [7, 11) is 3.75. The van der Waals surface area contributed by atoms with Crippen LogP contribution in [0.1, 0.15) is 31.1 Å². The van der Waals surface area contributed by atoms with Crippen molar-refractivity contribution < 1.29 is 23.4 Å². The topological polar surface area (TPSA) is 71.7 Å². The van der Waals surface area contributed by atoms with Crippen molar-refractivity contribution >= 4 is 17.3 Å². The van der Waals surface area contributed by atoms with Gasteiger partial charge in [0, 0.05) is 17.0 Å². The zero-order chi connectivity index (χ0) is 20.4. The van der Waals surface area contributed by atoms with Crippen LogP contribution in [0.25, 0.3) is 22.3 Å². The number of fused-ring (bicyclic) bond motifs is 1. The van der Waals surface area contributed by atoms with Gasteiger partial charge in [0.25, 0.3) is 0 Å².